The molecule has 0 saturated heterocycles. The highest BCUT2D eigenvalue weighted by atomic mass is 32.2. The number of nitrogens with one attached hydrogen (secondary N) is 1. The lowest BCUT2D eigenvalue weighted by Gasteiger charge is -2.14. The molecular formula is C17H18N4O2S. The van der Waals surface area contributed by atoms with E-state index in [1.54, 1.807) is 35.3 Å². The topological polar surface area (TPSA) is 76.9 Å². The van der Waals surface area contributed by atoms with E-state index in [2.05, 4.69) is 14.8 Å². The average molecular weight is 342 g/mol. The molecule has 3 rings (SSSR count). The molecule has 0 saturated carbocycles. The highest BCUT2D eigenvalue weighted by molar-refractivity contribution is 7.92. The molecule has 0 spiro atoms. The first-order chi connectivity index (χ1) is 11.5. The van der Waals surface area contributed by atoms with Gasteiger partial charge in [0.2, 0.25) is 10.0 Å². The molecular weight excluding hydrogens is 324 g/mol. The Bertz CT molecular complexity index is 876. The van der Waals surface area contributed by atoms with Gasteiger partial charge in [0, 0.05) is 5.69 Å². The van der Waals surface area contributed by atoms with Crippen molar-refractivity contribution < 1.29 is 8.42 Å². The van der Waals surface area contributed by atoms with Gasteiger partial charge in [-0.1, -0.05) is 37.3 Å². The maximum atomic E-state index is 12.4. The van der Waals surface area contributed by atoms with E-state index in [0.29, 0.717) is 5.69 Å². The van der Waals surface area contributed by atoms with Crippen molar-refractivity contribution in [3.63, 3.8) is 0 Å². The fourth-order valence-corrected chi connectivity index (χ4v) is 3.88. The Morgan fingerprint density at radius 1 is 1.08 bits per heavy atom. The molecule has 0 radical (unpaired) electrons. The largest absolute Gasteiger partial charge is 0.284 e. The zero-order valence-electron chi connectivity index (χ0n) is 13.2. The fourth-order valence-electron chi connectivity index (χ4n) is 2.45. The molecule has 0 aliphatic rings. The van der Waals surface area contributed by atoms with Crippen LogP contribution < -0.4 is 4.72 Å². The predicted octanol–water partition coefficient (Wildman–Crippen LogP) is 2.81. The van der Waals surface area contributed by atoms with Crippen molar-refractivity contribution in [2.24, 2.45) is 0 Å². The smallest absolute Gasteiger partial charge is 0.233 e. The molecule has 1 heterocycles. The van der Waals surface area contributed by atoms with Gasteiger partial charge in [-0.05, 0) is 35.7 Å². The molecule has 124 valence electrons. The summed E-state index contributed by atoms with van der Waals surface area (Å²) in [5.74, 6) is -0.0555. The van der Waals surface area contributed by atoms with Crippen molar-refractivity contribution in [3.05, 3.63) is 72.8 Å². The summed E-state index contributed by atoms with van der Waals surface area (Å²) in [6, 6.07) is 16.6. The minimum absolute atomic E-state index is 0.0296. The maximum Gasteiger partial charge on any atom is 0.233 e. The molecule has 24 heavy (non-hydrogen) atoms. The van der Waals surface area contributed by atoms with E-state index < -0.39 is 10.0 Å². The molecule has 1 atom stereocenters. The number of nitrogens with zero attached hydrogens (tertiary/aromatic N) is 3. The Morgan fingerprint density at radius 2 is 1.79 bits per heavy atom. The van der Waals surface area contributed by atoms with Crippen molar-refractivity contribution in [1.29, 1.82) is 0 Å². The van der Waals surface area contributed by atoms with E-state index in [1.165, 1.54) is 6.33 Å². The number of hydrogen-bond donors (Lipinski definition) is 1. The summed E-state index contributed by atoms with van der Waals surface area (Å²) in [4.78, 5) is 3.88. The van der Waals surface area contributed by atoms with E-state index in [0.717, 1.165) is 11.3 Å². The van der Waals surface area contributed by atoms with Gasteiger partial charge >= 0.3 is 0 Å². The molecule has 0 aliphatic carbocycles. The lowest BCUT2D eigenvalue weighted by molar-refractivity contribution is 0.595. The van der Waals surface area contributed by atoms with Crippen LogP contribution >= 0.6 is 0 Å². The van der Waals surface area contributed by atoms with Gasteiger partial charge in [0.05, 0.1) is 11.4 Å². The standard InChI is InChI=1S/C17H18N4O2S/c1-14(15-5-3-2-4-6-15)11-24(22,23)20-16-7-9-17(10-8-16)21-13-18-12-19-21/h2-10,12-14,20H,11H2,1H3/t14-/m0/s1. The molecule has 7 heteroatoms. The summed E-state index contributed by atoms with van der Waals surface area (Å²) in [7, 11) is -3.43. The van der Waals surface area contributed by atoms with Gasteiger partial charge in [-0.2, -0.15) is 5.10 Å². The van der Waals surface area contributed by atoms with Crippen LogP contribution in [0.25, 0.3) is 5.69 Å². The highest BCUT2D eigenvalue weighted by Crippen LogP contribution is 2.19. The number of anilines is 1. The zero-order chi connectivity index (χ0) is 17.0. The second kappa shape index (κ2) is 6.84. The van der Waals surface area contributed by atoms with Crippen molar-refractivity contribution in [3.8, 4) is 5.69 Å². The number of aromatic nitrogens is 3. The molecule has 0 amide bonds. The van der Waals surface area contributed by atoms with Gasteiger partial charge in [0.25, 0.3) is 0 Å². The monoisotopic (exact) mass is 342 g/mol. The first kappa shape index (κ1) is 16.2. The van der Waals surface area contributed by atoms with Crippen molar-refractivity contribution in [2.75, 3.05) is 10.5 Å². The third kappa shape index (κ3) is 3.99. The van der Waals surface area contributed by atoms with Gasteiger partial charge in [-0.15, -0.1) is 0 Å². The molecule has 0 fully saturated rings. The number of sulfonamides is 1. The molecule has 2 aromatic carbocycles. The summed E-state index contributed by atoms with van der Waals surface area (Å²) >= 11 is 0. The van der Waals surface area contributed by atoms with Crippen LogP contribution in [-0.4, -0.2) is 28.9 Å². The second-order valence-electron chi connectivity index (χ2n) is 5.58. The van der Waals surface area contributed by atoms with Crippen LogP contribution in [0, 0.1) is 0 Å². The Kier molecular flexibility index (Phi) is 4.61. The molecule has 1 N–H and O–H groups in total. The van der Waals surface area contributed by atoms with Crippen LogP contribution in [0.5, 0.6) is 0 Å². The molecule has 1 aromatic heterocycles. The van der Waals surface area contributed by atoms with E-state index in [1.807, 2.05) is 37.3 Å². The zero-order valence-corrected chi connectivity index (χ0v) is 14.0. The SMILES string of the molecule is C[C@@H](CS(=O)(=O)Nc1ccc(-n2cncn2)cc1)c1ccccc1. The van der Waals surface area contributed by atoms with E-state index in [4.69, 9.17) is 0 Å². The number of rotatable bonds is 6. The third-order valence-corrected chi connectivity index (χ3v) is 5.15. The van der Waals surface area contributed by atoms with E-state index in [-0.39, 0.29) is 11.7 Å². The lowest BCUT2D eigenvalue weighted by atomic mass is 10.0. The lowest BCUT2D eigenvalue weighted by Crippen LogP contribution is -2.20. The van der Waals surface area contributed by atoms with Crippen LogP contribution in [0.3, 0.4) is 0 Å². The average Bonchev–Trinajstić information content (AvgIpc) is 3.10. The van der Waals surface area contributed by atoms with Crippen molar-refractivity contribution in [2.45, 2.75) is 12.8 Å². The normalized spacial score (nSPS) is 12.7. The van der Waals surface area contributed by atoms with Crippen LogP contribution in [0.15, 0.2) is 67.3 Å². The summed E-state index contributed by atoms with van der Waals surface area (Å²) < 4.78 is 28.9. The Labute approximate surface area is 141 Å². The molecule has 0 bridgehead atoms. The predicted molar refractivity (Wildman–Crippen MR) is 93.6 cm³/mol. The van der Waals surface area contributed by atoms with E-state index in [9.17, 15) is 8.42 Å². The van der Waals surface area contributed by atoms with Crippen molar-refractivity contribution >= 4 is 15.7 Å². The number of hydrogen-bond acceptors (Lipinski definition) is 4. The molecule has 3 aromatic rings. The summed E-state index contributed by atoms with van der Waals surface area (Å²) in [6.45, 7) is 1.91. The molecule has 0 unspecified atom stereocenters. The van der Waals surface area contributed by atoms with Crippen LogP contribution in [0.4, 0.5) is 5.69 Å². The van der Waals surface area contributed by atoms with Gasteiger partial charge in [0.15, 0.2) is 0 Å². The van der Waals surface area contributed by atoms with Gasteiger partial charge in [-0.3, -0.25) is 4.72 Å². The van der Waals surface area contributed by atoms with Gasteiger partial charge < -0.3 is 0 Å². The van der Waals surface area contributed by atoms with Crippen LogP contribution in [0.2, 0.25) is 0 Å². The Hall–Kier alpha value is -2.67. The second-order valence-corrected chi connectivity index (χ2v) is 7.35. The minimum atomic E-state index is -3.43. The van der Waals surface area contributed by atoms with Crippen LogP contribution in [0.1, 0.15) is 18.4 Å². The van der Waals surface area contributed by atoms with Gasteiger partial charge in [-0.25, -0.2) is 18.1 Å². The van der Waals surface area contributed by atoms with E-state index >= 15 is 0 Å². The minimum Gasteiger partial charge on any atom is -0.284 e. The van der Waals surface area contributed by atoms with Gasteiger partial charge in [0.1, 0.15) is 12.7 Å². The third-order valence-electron chi connectivity index (χ3n) is 3.66. The summed E-state index contributed by atoms with van der Waals surface area (Å²) in [5.41, 5.74) is 2.34. The first-order valence-corrected chi connectivity index (χ1v) is 9.19. The Balaban J connectivity index is 1.68. The fraction of sp³-hybridized carbons (Fsp3) is 0.176. The van der Waals surface area contributed by atoms with Crippen LogP contribution in [-0.2, 0) is 10.0 Å². The first-order valence-electron chi connectivity index (χ1n) is 7.54. The molecule has 0 aliphatic heterocycles. The van der Waals surface area contributed by atoms with Crippen molar-refractivity contribution in [1.82, 2.24) is 14.8 Å². The quantitative estimate of drug-likeness (QED) is 0.747. The molecule has 6 nitrogen and oxygen atoms in total. The highest BCUT2D eigenvalue weighted by Gasteiger charge is 2.17. The maximum absolute atomic E-state index is 12.4. The summed E-state index contributed by atoms with van der Waals surface area (Å²) in [6.07, 6.45) is 3.03. The summed E-state index contributed by atoms with van der Waals surface area (Å²) in [5, 5.41) is 4.03. The number of benzene rings is 2. The Morgan fingerprint density at radius 3 is 2.42 bits per heavy atom.